The molecular weight excluding hydrogens is 196 g/mol. The Bertz CT molecular complexity index is 326. The zero-order valence-electron chi connectivity index (χ0n) is 10.5. The highest BCUT2D eigenvalue weighted by Gasteiger charge is 2.25. The molecule has 1 fully saturated rings. The minimum Gasteiger partial charge on any atom is -0.370 e. The third-order valence-corrected chi connectivity index (χ3v) is 2.95. The number of hydrogen-bond acceptors (Lipinski definition) is 2. The van der Waals surface area contributed by atoms with Gasteiger partial charge in [0.2, 0.25) is 0 Å². The van der Waals surface area contributed by atoms with Crippen LogP contribution in [0.5, 0.6) is 0 Å². The topological polar surface area (TPSA) is 15.3 Å². The van der Waals surface area contributed by atoms with Crippen molar-refractivity contribution in [1.29, 1.82) is 0 Å². The average molecular weight is 218 g/mol. The Morgan fingerprint density at radius 2 is 1.88 bits per heavy atom. The van der Waals surface area contributed by atoms with Crippen LogP contribution in [0.2, 0.25) is 0 Å². The van der Waals surface area contributed by atoms with Gasteiger partial charge in [-0.1, -0.05) is 18.2 Å². The van der Waals surface area contributed by atoms with E-state index in [1.807, 2.05) is 0 Å². The van der Waals surface area contributed by atoms with Crippen LogP contribution < -0.4 is 10.2 Å². The van der Waals surface area contributed by atoms with Crippen LogP contribution in [0.1, 0.15) is 27.2 Å². The quantitative estimate of drug-likeness (QED) is 0.821. The van der Waals surface area contributed by atoms with Crippen LogP contribution in [0.25, 0.3) is 0 Å². The smallest absolute Gasteiger partial charge is 0.0366 e. The molecule has 1 aliphatic rings. The molecule has 88 valence electrons. The van der Waals surface area contributed by atoms with E-state index >= 15 is 0 Å². The van der Waals surface area contributed by atoms with Gasteiger partial charge >= 0.3 is 0 Å². The van der Waals surface area contributed by atoms with Gasteiger partial charge in [-0.3, -0.25) is 0 Å². The van der Waals surface area contributed by atoms with E-state index < -0.39 is 0 Å². The van der Waals surface area contributed by atoms with Gasteiger partial charge in [-0.15, -0.1) is 0 Å². The lowest BCUT2D eigenvalue weighted by Gasteiger charge is -2.26. The molecule has 1 aromatic rings. The molecule has 0 aliphatic carbocycles. The molecule has 0 aromatic heterocycles. The van der Waals surface area contributed by atoms with E-state index in [1.54, 1.807) is 0 Å². The fourth-order valence-corrected chi connectivity index (χ4v) is 2.36. The van der Waals surface area contributed by atoms with Gasteiger partial charge in [0.15, 0.2) is 0 Å². The van der Waals surface area contributed by atoms with Crippen molar-refractivity contribution in [3.63, 3.8) is 0 Å². The summed E-state index contributed by atoms with van der Waals surface area (Å²) in [5.74, 6) is 0. The summed E-state index contributed by atoms with van der Waals surface area (Å²) in [6, 6.07) is 11.3. The number of benzene rings is 1. The van der Waals surface area contributed by atoms with Gasteiger partial charge in [0.1, 0.15) is 0 Å². The van der Waals surface area contributed by atoms with Gasteiger partial charge in [-0.05, 0) is 39.3 Å². The van der Waals surface area contributed by atoms with Crippen LogP contribution in [-0.4, -0.2) is 24.7 Å². The summed E-state index contributed by atoms with van der Waals surface area (Å²) in [4.78, 5) is 2.46. The minimum atomic E-state index is 0.220. The zero-order chi connectivity index (χ0) is 11.6. The van der Waals surface area contributed by atoms with Crippen molar-refractivity contribution in [3.8, 4) is 0 Å². The Morgan fingerprint density at radius 3 is 2.50 bits per heavy atom. The summed E-state index contributed by atoms with van der Waals surface area (Å²) >= 11 is 0. The van der Waals surface area contributed by atoms with Crippen LogP contribution in [0.3, 0.4) is 0 Å². The second-order valence-corrected chi connectivity index (χ2v) is 5.66. The SMILES string of the molecule is CC(C)(C)NC1CCN(c2ccccc2)C1. The first kappa shape index (κ1) is 11.5. The molecule has 0 radical (unpaired) electrons. The van der Waals surface area contributed by atoms with Gasteiger partial charge in [0.25, 0.3) is 0 Å². The van der Waals surface area contributed by atoms with E-state index in [0.29, 0.717) is 6.04 Å². The maximum Gasteiger partial charge on any atom is 0.0366 e. The predicted octanol–water partition coefficient (Wildman–Crippen LogP) is 2.65. The second kappa shape index (κ2) is 4.46. The molecule has 16 heavy (non-hydrogen) atoms. The molecule has 2 rings (SSSR count). The standard InChI is InChI=1S/C14H22N2/c1-14(2,3)15-12-9-10-16(11-12)13-7-5-4-6-8-13/h4-8,12,15H,9-11H2,1-3H3. The van der Waals surface area contributed by atoms with E-state index in [0.717, 1.165) is 13.1 Å². The van der Waals surface area contributed by atoms with E-state index in [2.05, 4.69) is 61.3 Å². The van der Waals surface area contributed by atoms with E-state index in [1.165, 1.54) is 12.1 Å². The Hall–Kier alpha value is -1.02. The lowest BCUT2D eigenvalue weighted by Crippen LogP contribution is -2.44. The molecule has 0 bridgehead atoms. The lowest BCUT2D eigenvalue weighted by molar-refractivity contribution is 0.373. The molecule has 2 heteroatoms. The van der Waals surface area contributed by atoms with Crippen molar-refractivity contribution in [3.05, 3.63) is 30.3 Å². The van der Waals surface area contributed by atoms with Crippen LogP contribution in [-0.2, 0) is 0 Å². The molecule has 1 aliphatic heterocycles. The van der Waals surface area contributed by atoms with Crippen LogP contribution >= 0.6 is 0 Å². The maximum absolute atomic E-state index is 3.68. The van der Waals surface area contributed by atoms with E-state index in [-0.39, 0.29) is 5.54 Å². The Labute approximate surface area is 98.7 Å². The van der Waals surface area contributed by atoms with Gasteiger partial charge in [0.05, 0.1) is 0 Å². The molecule has 1 atom stereocenters. The van der Waals surface area contributed by atoms with E-state index in [9.17, 15) is 0 Å². The fraction of sp³-hybridized carbons (Fsp3) is 0.571. The van der Waals surface area contributed by atoms with Crippen LogP contribution in [0, 0.1) is 0 Å². The van der Waals surface area contributed by atoms with Gasteiger partial charge in [-0.25, -0.2) is 0 Å². The van der Waals surface area contributed by atoms with Gasteiger partial charge in [-0.2, -0.15) is 0 Å². The zero-order valence-corrected chi connectivity index (χ0v) is 10.5. The number of nitrogens with one attached hydrogen (secondary N) is 1. The molecular formula is C14H22N2. The number of hydrogen-bond donors (Lipinski definition) is 1. The van der Waals surface area contributed by atoms with Crippen LogP contribution in [0.4, 0.5) is 5.69 Å². The van der Waals surface area contributed by atoms with Crippen molar-refractivity contribution in [2.75, 3.05) is 18.0 Å². The number of anilines is 1. The molecule has 1 N–H and O–H groups in total. The highest BCUT2D eigenvalue weighted by molar-refractivity contribution is 5.47. The first-order chi connectivity index (χ1) is 7.54. The van der Waals surface area contributed by atoms with E-state index in [4.69, 9.17) is 0 Å². The molecule has 0 spiro atoms. The summed E-state index contributed by atoms with van der Waals surface area (Å²) in [6.07, 6.45) is 1.24. The van der Waals surface area contributed by atoms with Gasteiger partial charge < -0.3 is 10.2 Å². The summed E-state index contributed by atoms with van der Waals surface area (Å²) < 4.78 is 0. The third-order valence-electron chi connectivity index (χ3n) is 2.95. The Morgan fingerprint density at radius 1 is 1.19 bits per heavy atom. The molecule has 1 saturated heterocycles. The fourth-order valence-electron chi connectivity index (χ4n) is 2.36. The van der Waals surface area contributed by atoms with Crippen molar-refractivity contribution < 1.29 is 0 Å². The normalized spacial score (nSPS) is 21.4. The summed E-state index contributed by atoms with van der Waals surface area (Å²) in [7, 11) is 0. The molecule has 1 aromatic carbocycles. The highest BCUT2D eigenvalue weighted by atomic mass is 15.2. The molecule has 1 unspecified atom stereocenters. The van der Waals surface area contributed by atoms with Crippen molar-refractivity contribution in [1.82, 2.24) is 5.32 Å². The minimum absolute atomic E-state index is 0.220. The van der Waals surface area contributed by atoms with Crippen molar-refractivity contribution in [2.24, 2.45) is 0 Å². The predicted molar refractivity (Wildman–Crippen MR) is 69.9 cm³/mol. The molecule has 1 heterocycles. The molecule has 2 nitrogen and oxygen atoms in total. The van der Waals surface area contributed by atoms with Crippen LogP contribution in [0.15, 0.2) is 30.3 Å². The number of rotatable bonds is 2. The Kier molecular flexibility index (Phi) is 3.20. The Balaban J connectivity index is 1.94. The third kappa shape index (κ3) is 2.99. The first-order valence-corrected chi connectivity index (χ1v) is 6.12. The number of para-hydroxylation sites is 1. The van der Waals surface area contributed by atoms with Crippen molar-refractivity contribution in [2.45, 2.75) is 38.8 Å². The highest BCUT2D eigenvalue weighted by Crippen LogP contribution is 2.20. The molecule has 0 amide bonds. The maximum atomic E-state index is 3.68. The summed E-state index contributed by atoms with van der Waals surface area (Å²) in [5, 5.41) is 3.68. The number of nitrogens with zero attached hydrogens (tertiary/aromatic N) is 1. The largest absolute Gasteiger partial charge is 0.370 e. The lowest BCUT2D eigenvalue weighted by atomic mass is 10.1. The van der Waals surface area contributed by atoms with Gasteiger partial charge in [0, 0.05) is 30.4 Å². The summed E-state index contributed by atoms with van der Waals surface area (Å²) in [5.41, 5.74) is 1.57. The molecule has 0 saturated carbocycles. The van der Waals surface area contributed by atoms with Crippen molar-refractivity contribution >= 4 is 5.69 Å². The first-order valence-electron chi connectivity index (χ1n) is 6.12. The second-order valence-electron chi connectivity index (χ2n) is 5.66. The summed E-state index contributed by atoms with van der Waals surface area (Å²) in [6.45, 7) is 8.99. The monoisotopic (exact) mass is 218 g/mol. The average Bonchev–Trinajstić information content (AvgIpc) is 2.65.